The summed E-state index contributed by atoms with van der Waals surface area (Å²) in [5.41, 5.74) is 18.0. The van der Waals surface area contributed by atoms with Crippen molar-refractivity contribution in [2.75, 3.05) is 4.90 Å². The first-order valence-electron chi connectivity index (χ1n) is 21.0. The standard InChI is InChI=1S/C59H43N3/c1-2-42(39-40-60)44-23-30-51(31-24-44)61(52-32-25-45(26-33-52)43-15-7-3-8-16-43)53-34-27-46(28-35-53)49-29-38-57-56(41-49)58-54(47-17-9-4-10-18-47)36-37-55(48-19-11-5-12-20-48)59(58)62(57)50-21-13-6-14-22-50/h2-41,60H,1H2/b42-39+,60-40?. The molecular formula is C59H43N3. The molecule has 3 nitrogen and oxygen atoms in total. The highest BCUT2D eigenvalue weighted by Crippen LogP contribution is 2.45. The lowest BCUT2D eigenvalue weighted by molar-refractivity contribution is 1.18. The van der Waals surface area contributed by atoms with E-state index in [1.54, 1.807) is 12.2 Å². The summed E-state index contributed by atoms with van der Waals surface area (Å²) in [4.78, 5) is 2.30. The first kappa shape index (κ1) is 38.0. The molecule has 0 aliphatic carbocycles. The molecule has 0 aliphatic heterocycles. The number of benzene rings is 9. The van der Waals surface area contributed by atoms with Crippen molar-refractivity contribution in [2.24, 2.45) is 0 Å². The van der Waals surface area contributed by atoms with Gasteiger partial charge >= 0.3 is 0 Å². The zero-order valence-electron chi connectivity index (χ0n) is 34.2. The molecule has 1 aromatic heterocycles. The minimum absolute atomic E-state index is 0.908. The van der Waals surface area contributed by atoms with Crippen LogP contribution in [0.5, 0.6) is 0 Å². The second-order valence-corrected chi connectivity index (χ2v) is 15.4. The largest absolute Gasteiger partial charge is 0.311 e. The lowest BCUT2D eigenvalue weighted by Crippen LogP contribution is -2.10. The number of nitrogens with one attached hydrogen (secondary N) is 1. The molecule has 0 saturated carbocycles. The van der Waals surface area contributed by atoms with Crippen molar-refractivity contribution in [1.82, 2.24) is 4.57 Å². The van der Waals surface area contributed by atoms with E-state index in [2.05, 4.69) is 234 Å². The summed E-state index contributed by atoms with van der Waals surface area (Å²) in [6.45, 7) is 3.97. The van der Waals surface area contributed by atoms with Crippen LogP contribution in [0, 0.1) is 5.41 Å². The average molecular weight is 794 g/mol. The monoisotopic (exact) mass is 793 g/mol. The molecule has 0 unspecified atom stereocenters. The van der Waals surface area contributed by atoms with E-state index in [0.717, 1.165) is 50.5 Å². The maximum Gasteiger partial charge on any atom is 0.0625 e. The fraction of sp³-hybridized carbons (Fsp3) is 0. The second kappa shape index (κ2) is 16.8. The Hall–Kier alpha value is -8.27. The molecule has 1 N–H and O–H groups in total. The van der Waals surface area contributed by atoms with E-state index in [4.69, 9.17) is 5.41 Å². The van der Waals surface area contributed by atoms with Gasteiger partial charge in [-0.1, -0.05) is 176 Å². The smallest absolute Gasteiger partial charge is 0.0625 e. The van der Waals surface area contributed by atoms with E-state index < -0.39 is 0 Å². The maximum absolute atomic E-state index is 7.62. The van der Waals surface area contributed by atoms with E-state index in [9.17, 15) is 0 Å². The Morgan fingerprint density at radius 1 is 0.452 bits per heavy atom. The van der Waals surface area contributed by atoms with Crippen LogP contribution in [0.25, 0.3) is 77.6 Å². The van der Waals surface area contributed by atoms with Crippen molar-refractivity contribution < 1.29 is 0 Å². The highest BCUT2D eigenvalue weighted by atomic mass is 15.1. The summed E-state index contributed by atoms with van der Waals surface area (Å²) in [5.74, 6) is 0. The van der Waals surface area contributed by atoms with Crippen molar-refractivity contribution >= 4 is 50.7 Å². The van der Waals surface area contributed by atoms with Gasteiger partial charge in [-0.05, 0) is 117 Å². The van der Waals surface area contributed by atoms with E-state index in [-0.39, 0.29) is 0 Å². The van der Waals surface area contributed by atoms with Crippen molar-refractivity contribution in [3.8, 4) is 50.2 Å². The molecule has 294 valence electrons. The molecule has 0 saturated heterocycles. The van der Waals surface area contributed by atoms with Crippen LogP contribution in [0.1, 0.15) is 5.56 Å². The van der Waals surface area contributed by atoms with Gasteiger partial charge in [-0.25, -0.2) is 0 Å². The Bertz CT molecular complexity index is 3200. The van der Waals surface area contributed by atoms with Crippen LogP contribution in [-0.2, 0) is 0 Å². The Balaban J connectivity index is 1.12. The summed E-state index contributed by atoms with van der Waals surface area (Å²) in [5, 5.41) is 10.1. The van der Waals surface area contributed by atoms with Gasteiger partial charge in [-0.2, -0.15) is 0 Å². The molecule has 1 heterocycles. The van der Waals surface area contributed by atoms with Crippen LogP contribution in [0.15, 0.2) is 243 Å². The highest BCUT2D eigenvalue weighted by Gasteiger charge is 2.21. The number of nitrogens with zero attached hydrogens (tertiary/aromatic N) is 2. The molecule has 62 heavy (non-hydrogen) atoms. The predicted molar refractivity (Wildman–Crippen MR) is 264 cm³/mol. The van der Waals surface area contributed by atoms with Crippen LogP contribution in [-0.4, -0.2) is 10.8 Å². The second-order valence-electron chi connectivity index (χ2n) is 15.4. The predicted octanol–water partition coefficient (Wildman–Crippen LogP) is 16.1. The van der Waals surface area contributed by atoms with Gasteiger partial charge in [0.1, 0.15) is 0 Å². The quantitative estimate of drug-likeness (QED) is 0.103. The first-order chi connectivity index (χ1) is 30.7. The van der Waals surface area contributed by atoms with E-state index in [1.807, 2.05) is 6.07 Å². The summed E-state index contributed by atoms with van der Waals surface area (Å²) in [6.07, 6.45) is 4.86. The normalized spacial score (nSPS) is 11.5. The third-order valence-corrected chi connectivity index (χ3v) is 11.7. The van der Waals surface area contributed by atoms with E-state index in [0.29, 0.717) is 0 Å². The van der Waals surface area contributed by atoms with Gasteiger partial charge in [-0.15, -0.1) is 0 Å². The maximum atomic E-state index is 7.62. The number of fused-ring (bicyclic) bond motifs is 3. The summed E-state index contributed by atoms with van der Waals surface area (Å²) in [6, 6.07) is 80.4. The molecule has 3 heteroatoms. The lowest BCUT2D eigenvalue weighted by atomic mass is 9.93. The van der Waals surface area contributed by atoms with Crippen LogP contribution >= 0.6 is 0 Å². The number of hydrogen-bond donors (Lipinski definition) is 1. The highest BCUT2D eigenvalue weighted by molar-refractivity contribution is 6.20. The molecule has 0 amide bonds. The fourth-order valence-corrected chi connectivity index (χ4v) is 8.74. The molecule has 0 fully saturated rings. The molecule has 9 aromatic carbocycles. The zero-order chi connectivity index (χ0) is 41.8. The Morgan fingerprint density at radius 2 is 0.903 bits per heavy atom. The Kier molecular flexibility index (Phi) is 10.3. The third-order valence-electron chi connectivity index (χ3n) is 11.7. The van der Waals surface area contributed by atoms with Crippen molar-refractivity contribution in [3.63, 3.8) is 0 Å². The summed E-state index contributed by atoms with van der Waals surface area (Å²) < 4.78 is 2.44. The Labute approximate surface area is 363 Å². The van der Waals surface area contributed by atoms with Gasteiger partial charge in [0, 0.05) is 45.3 Å². The van der Waals surface area contributed by atoms with Gasteiger partial charge < -0.3 is 14.9 Å². The minimum Gasteiger partial charge on any atom is -0.311 e. The average Bonchev–Trinajstić information content (AvgIpc) is 3.69. The molecule has 0 bridgehead atoms. The molecule has 0 atom stereocenters. The topological polar surface area (TPSA) is 32.0 Å². The molecule has 0 radical (unpaired) electrons. The molecule has 0 spiro atoms. The van der Waals surface area contributed by atoms with Gasteiger partial charge in [-0.3, -0.25) is 0 Å². The van der Waals surface area contributed by atoms with E-state index >= 15 is 0 Å². The summed E-state index contributed by atoms with van der Waals surface area (Å²) >= 11 is 0. The minimum atomic E-state index is 0.908. The fourth-order valence-electron chi connectivity index (χ4n) is 8.74. The molecule has 10 aromatic rings. The van der Waals surface area contributed by atoms with Crippen LogP contribution in [0.4, 0.5) is 17.1 Å². The van der Waals surface area contributed by atoms with Crippen molar-refractivity contribution in [1.29, 1.82) is 5.41 Å². The number of allylic oxidation sites excluding steroid dienone is 3. The van der Waals surface area contributed by atoms with Gasteiger partial charge in [0.2, 0.25) is 0 Å². The van der Waals surface area contributed by atoms with Gasteiger partial charge in [0.25, 0.3) is 0 Å². The van der Waals surface area contributed by atoms with Crippen LogP contribution in [0.2, 0.25) is 0 Å². The lowest BCUT2D eigenvalue weighted by Gasteiger charge is -2.26. The number of hydrogen-bond acceptors (Lipinski definition) is 2. The van der Waals surface area contributed by atoms with Crippen molar-refractivity contribution in [3.05, 3.63) is 249 Å². The van der Waals surface area contributed by atoms with Crippen LogP contribution in [0.3, 0.4) is 0 Å². The third kappa shape index (κ3) is 7.12. The molecular weight excluding hydrogens is 751 g/mol. The number of para-hydroxylation sites is 1. The number of aromatic nitrogens is 1. The Morgan fingerprint density at radius 3 is 1.45 bits per heavy atom. The van der Waals surface area contributed by atoms with Gasteiger partial charge in [0.15, 0.2) is 0 Å². The van der Waals surface area contributed by atoms with Gasteiger partial charge in [0.05, 0.1) is 11.0 Å². The molecule has 0 aliphatic rings. The zero-order valence-corrected chi connectivity index (χ0v) is 34.2. The first-order valence-corrected chi connectivity index (χ1v) is 21.0. The number of rotatable bonds is 11. The van der Waals surface area contributed by atoms with E-state index in [1.165, 1.54) is 55.9 Å². The summed E-state index contributed by atoms with van der Waals surface area (Å²) in [7, 11) is 0. The molecule has 10 rings (SSSR count). The van der Waals surface area contributed by atoms with Crippen LogP contribution < -0.4 is 4.90 Å². The van der Waals surface area contributed by atoms with Crippen molar-refractivity contribution in [2.45, 2.75) is 0 Å². The number of anilines is 3. The SMILES string of the molecule is C=C/C(=C\C=N)c1ccc(N(c2ccc(-c3ccccc3)cc2)c2ccc(-c3ccc4c(c3)c3c(-c5ccccc5)ccc(-c5ccccc5)c3n4-c3ccccc3)cc2)cc1.